The van der Waals surface area contributed by atoms with Gasteiger partial charge in [-0.1, -0.05) is 36.4 Å². The first-order valence-electron chi connectivity index (χ1n) is 12.2. The van der Waals surface area contributed by atoms with E-state index in [9.17, 15) is 9.90 Å². The summed E-state index contributed by atoms with van der Waals surface area (Å²) in [5.74, 6) is -0.0293. The molecule has 2 aromatic heterocycles. The average Bonchev–Trinajstić information content (AvgIpc) is 3.49. The second-order valence-corrected chi connectivity index (χ2v) is 9.77. The van der Waals surface area contributed by atoms with Crippen molar-refractivity contribution in [2.75, 3.05) is 20.3 Å². The van der Waals surface area contributed by atoms with E-state index in [-0.39, 0.29) is 18.7 Å². The second-order valence-electron chi connectivity index (χ2n) is 9.77. The minimum Gasteiger partial charge on any atom is -0.396 e. The lowest BCUT2D eigenvalue weighted by molar-refractivity contribution is -0.184. The van der Waals surface area contributed by atoms with Gasteiger partial charge in [-0.25, -0.2) is 0 Å². The van der Waals surface area contributed by atoms with Gasteiger partial charge in [0.15, 0.2) is 5.72 Å². The maximum atomic E-state index is 13.3. The van der Waals surface area contributed by atoms with Crippen molar-refractivity contribution in [1.82, 2.24) is 14.5 Å². The summed E-state index contributed by atoms with van der Waals surface area (Å²) >= 11 is 0. The number of para-hydroxylation sites is 2. The van der Waals surface area contributed by atoms with Crippen LogP contribution in [-0.4, -0.2) is 40.5 Å². The molecule has 0 spiro atoms. The summed E-state index contributed by atoms with van der Waals surface area (Å²) in [6.07, 6.45) is 0.900. The molecule has 7 heteroatoms. The molecule has 2 unspecified atom stereocenters. The zero-order chi connectivity index (χ0) is 23.9. The van der Waals surface area contributed by atoms with Crippen molar-refractivity contribution >= 4 is 49.5 Å². The molecule has 0 radical (unpaired) electrons. The highest BCUT2D eigenvalue weighted by Crippen LogP contribution is 2.50. The summed E-state index contributed by atoms with van der Waals surface area (Å²) in [5.41, 5.74) is 5.17. The first-order chi connectivity index (χ1) is 17.1. The summed E-state index contributed by atoms with van der Waals surface area (Å²) in [7, 11) is 1.70. The first-order valence-corrected chi connectivity index (χ1v) is 12.2. The molecule has 7 rings (SSSR count). The predicted molar refractivity (Wildman–Crippen MR) is 136 cm³/mol. The van der Waals surface area contributed by atoms with E-state index in [0.717, 1.165) is 54.7 Å². The number of nitrogens with one attached hydrogen (secondary N) is 1. The van der Waals surface area contributed by atoms with Crippen LogP contribution in [0.5, 0.6) is 0 Å². The number of methoxy groups -OCH3 is 1. The van der Waals surface area contributed by atoms with Gasteiger partial charge in [-0.3, -0.25) is 4.79 Å². The fraction of sp³-hybridized carbons (Fsp3) is 0.321. The number of carbonyl (C=O) groups is 1. The molecule has 4 heterocycles. The third-order valence-electron chi connectivity index (χ3n) is 7.69. The first kappa shape index (κ1) is 20.9. The van der Waals surface area contributed by atoms with Crippen molar-refractivity contribution in [2.45, 2.75) is 38.3 Å². The smallest absolute Gasteiger partial charge is 0.252 e. The Bertz CT molecular complexity index is 1680. The van der Waals surface area contributed by atoms with Gasteiger partial charge < -0.3 is 29.0 Å². The van der Waals surface area contributed by atoms with Gasteiger partial charge in [-0.15, -0.1) is 0 Å². The van der Waals surface area contributed by atoms with Crippen LogP contribution in [0, 0.1) is 0 Å². The van der Waals surface area contributed by atoms with Crippen LogP contribution >= 0.6 is 0 Å². The second kappa shape index (κ2) is 7.31. The molecule has 0 saturated carbocycles. The third kappa shape index (κ3) is 2.58. The normalized spacial score (nSPS) is 21.5. The third-order valence-corrected chi connectivity index (χ3v) is 7.69. The molecule has 2 aliphatic heterocycles. The highest BCUT2D eigenvalue weighted by Gasteiger charge is 2.42. The number of amides is 1. The van der Waals surface area contributed by atoms with Crippen LogP contribution in [0.1, 0.15) is 41.9 Å². The largest absolute Gasteiger partial charge is 0.396 e. The van der Waals surface area contributed by atoms with E-state index >= 15 is 0 Å². The number of carbonyl (C=O) groups excluding carboxylic acids is 1. The van der Waals surface area contributed by atoms with Crippen molar-refractivity contribution in [3.63, 3.8) is 0 Å². The van der Waals surface area contributed by atoms with Gasteiger partial charge in [0.1, 0.15) is 6.23 Å². The lowest BCUT2D eigenvalue weighted by Crippen LogP contribution is -2.39. The van der Waals surface area contributed by atoms with Crippen LogP contribution < -0.4 is 5.32 Å². The van der Waals surface area contributed by atoms with Crippen molar-refractivity contribution in [3.05, 3.63) is 59.7 Å². The number of aliphatic hydroxyl groups is 1. The summed E-state index contributed by atoms with van der Waals surface area (Å²) in [4.78, 5) is 13.3. The zero-order valence-electron chi connectivity index (χ0n) is 19.8. The van der Waals surface area contributed by atoms with Crippen LogP contribution in [0.2, 0.25) is 0 Å². The Hall–Kier alpha value is -3.39. The van der Waals surface area contributed by atoms with Gasteiger partial charge in [0.25, 0.3) is 5.91 Å². The molecule has 178 valence electrons. The molecule has 2 atom stereocenters. The fourth-order valence-corrected chi connectivity index (χ4v) is 6.49. The molecule has 2 N–H and O–H groups in total. The van der Waals surface area contributed by atoms with E-state index in [0.29, 0.717) is 26.0 Å². The molecule has 0 bridgehead atoms. The number of aromatic nitrogens is 2. The van der Waals surface area contributed by atoms with Gasteiger partial charge in [-0.05, 0) is 37.5 Å². The van der Waals surface area contributed by atoms with Crippen LogP contribution in [0.25, 0.3) is 43.6 Å². The number of rotatable bonds is 5. The molecule has 0 fully saturated rings. The Morgan fingerprint density at radius 1 is 1.09 bits per heavy atom. The summed E-state index contributed by atoms with van der Waals surface area (Å²) < 4.78 is 17.3. The van der Waals surface area contributed by atoms with Gasteiger partial charge in [0.2, 0.25) is 0 Å². The quantitative estimate of drug-likeness (QED) is 0.389. The van der Waals surface area contributed by atoms with Crippen molar-refractivity contribution in [2.24, 2.45) is 0 Å². The van der Waals surface area contributed by atoms with E-state index < -0.39 is 5.72 Å². The van der Waals surface area contributed by atoms with Gasteiger partial charge in [0.05, 0.1) is 34.2 Å². The number of hydrogen-bond acceptors (Lipinski definition) is 4. The Labute approximate surface area is 201 Å². The Morgan fingerprint density at radius 3 is 2.54 bits per heavy atom. The standard InChI is InChI=1S/C28H27N3O4/c1-28(15-34-2)31-20-11-6-4-9-17(20)22-18-14-29-27(33)24(18)23-16-8-3-5-10-19(16)30(25(23)26(22)31)21(35-28)12-7-13-32/h3-6,8-11,21,32H,7,12-15H2,1-2H3,(H,29,33). The molecular weight excluding hydrogens is 442 g/mol. The minimum atomic E-state index is -0.798. The Balaban J connectivity index is 1.80. The van der Waals surface area contributed by atoms with Crippen LogP contribution in [0.15, 0.2) is 48.5 Å². The van der Waals surface area contributed by atoms with Gasteiger partial charge in [-0.2, -0.15) is 0 Å². The van der Waals surface area contributed by atoms with Crippen molar-refractivity contribution in [1.29, 1.82) is 0 Å². The molecule has 5 aromatic rings. The number of nitrogens with zero attached hydrogens (tertiary/aromatic N) is 2. The highest BCUT2D eigenvalue weighted by atomic mass is 16.6. The minimum absolute atomic E-state index is 0.0293. The van der Waals surface area contributed by atoms with E-state index in [1.807, 2.05) is 24.3 Å². The summed E-state index contributed by atoms with van der Waals surface area (Å²) in [6, 6.07) is 16.6. The number of aliphatic hydroxyl groups excluding tert-OH is 1. The number of benzene rings is 3. The average molecular weight is 470 g/mol. The zero-order valence-corrected chi connectivity index (χ0v) is 19.8. The monoisotopic (exact) mass is 469 g/mol. The summed E-state index contributed by atoms with van der Waals surface area (Å²) in [5, 5.41) is 17.0. The number of fused-ring (bicyclic) bond motifs is 9. The fourth-order valence-electron chi connectivity index (χ4n) is 6.49. The van der Waals surface area contributed by atoms with Gasteiger partial charge >= 0.3 is 0 Å². The van der Waals surface area contributed by atoms with Crippen molar-refractivity contribution < 1.29 is 19.4 Å². The van der Waals surface area contributed by atoms with Crippen molar-refractivity contribution in [3.8, 4) is 0 Å². The topological polar surface area (TPSA) is 77.7 Å². The number of ether oxygens (including phenoxy) is 2. The lowest BCUT2D eigenvalue weighted by Gasteiger charge is -2.35. The predicted octanol–water partition coefficient (Wildman–Crippen LogP) is 4.77. The number of hydrogen-bond donors (Lipinski definition) is 2. The molecule has 1 amide bonds. The Kier molecular flexibility index (Phi) is 4.37. The molecular formula is C28H27N3O4. The molecule has 7 nitrogen and oxygen atoms in total. The maximum Gasteiger partial charge on any atom is 0.252 e. The van der Waals surface area contributed by atoms with E-state index in [1.54, 1.807) is 7.11 Å². The van der Waals surface area contributed by atoms with E-state index in [2.05, 4.69) is 45.6 Å². The lowest BCUT2D eigenvalue weighted by atomic mass is 9.97. The van der Waals surface area contributed by atoms with E-state index in [1.165, 1.54) is 0 Å². The maximum absolute atomic E-state index is 13.3. The van der Waals surface area contributed by atoms with Crippen LogP contribution in [0.3, 0.4) is 0 Å². The Morgan fingerprint density at radius 2 is 1.80 bits per heavy atom. The molecule has 3 aromatic carbocycles. The van der Waals surface area contributed by atoms with Crippen LogP contribution in [0.4, 0.5) is 0 Å². The van der Waals surface area contributed by atoms with Gasteiger partial charge in [0, 0.05) is 41.8 Å². The van der Waals surface area contributed by atoms with Crippen LogP contribution in [-0.2, 0) is 21.7 Å². The van der Waals surface area contributed by atoms with E-state index in [4.69, 9.17) is 9.47 Å². The molecule has 0 aliphatic carbocycles. The molecule has 0 saturated heterocycles. The molecule has 35 heavy (non-hydrogen) atoms. The SMILES string of the molecule is COCC1(C)OC(CCCO)n2c3ccccc3c3c4c(c5c6ccccc6n1c5c32)CNC4=O. The highest BCUT2D eigenvalue weighted by molar-refractivity contribution is 6.30. The summed E-state index contributed by atoms with van der Waals surface area (Å²) in [6.45, 7) is 3.02. The molecule has 2 aliphatic rings.